The van der Waals surface area contributed by atoms with Gasteiger partial charge < -0.3 is 9.30 Å². The maximum absolute atomic E-state index is 12.9. The number of nitrogens with zero attached hydrogens (tertiary/aromatic N) is 3. The Balaban J connectivity index is 1.41. The predicted octanol–water partition coefficient (Wildman–Crippen LogP) is 4.92. The Morgan fingerprint density at radius 2 is 1.85 bits per heavy atom. The van der Waals surface area contributed by atoms with Gasteiger partial charge >= 0.3 is 0 Å². The SMILES string of the molecule is CC(C)CN1CCc2c(n(C)c3cc(-n4ccc(OCc5ccccc5)cc4=O)ccc23)C1. The number of benzene rings is 2. The Labute approximate surface area is 194 Å². The van der Waals surface area contributed by atoms with Crippen molar-refractivity contribution in [1.29, 1.82) is 0 Å². The van der Waals surface area contributed by atoms with Crippen molar-refractivity contribution < 1.29 is 4.74 Å². The lowest BCUT2D eigenvalue weighted by atomic mass is 10.0. The molecule has 5 heteroatoms. The largest absolute Gasteiger partial charge is 0.489 e. The summed E-state index contributed by atoms with van der Waals surface area (Å²) in [5, 5.41) is 1.30. The highest BCUT2D eigenvalue weighted by atomic mass is 16.5. The number of aryl methyl sites for hydroxylation is 1. The number of rotatable bonds is 6. The zero-order valence-corrected chi connectivity index (χ0v) is 19.6. The van der Waals surface area contributed by atoms with Crippen LogP contribution < -0.4 is 10.3 Å². The first-order valence-electron chi connectivity index (χ1n) is 11.7. The number of hydrogen-bond acceptors (Lipinski definition) is 3. The quantitative estimate of drug-likeness (QED) is 0.426. The molecule has 0 saturated heterocycles. The molecule has 0 saturated carbocycles. The van der Waals surface area contributed by atoms with Crippen molar-refractivity contribution in [2.75, 3.05) is 13.1 Å². The second-order valence-electron chi connectivity index (χ2n) is 9.41. The minimum atomic E-state index is -0.0954. The topological polar surface area (TPSA) is 39.4 Å². The first kappa shape index (κ1) is 21.5. The van der Waals surface area contributed by atoms with Crippen molar-refractivity contribution in [1.82, 2.24) is 14.0 Å². The van der Waals surface area contributed by atoms with E-state index in [-0.39, 0.29) is 5.56 Å². The monoisotopic (exact) mass is 441 g/mol. The average molecular weight is 442 g/mol. The van der Waals surface area contributed by atoms with E-state index in [9.17, 15) is 4.79 Å². The number of hydrogen-bond donors (Lipinski definition) is 0. The lowest BCUT2D eigenvalue weighted by Gasteiger charge is -2.29. The van der Waals surface area contributed by atoms with Crippen molar-refractivity contribution in [3.63, 3.8) is 0 Å². The summed E-state index contributed by atoms with van der Waals surface area (Å²) < 4.78 is 9.82. The highest BCUT2D eigenvalue weighted by molar-refractivity contribution is 5.87. The fraction of sp³-hybridized carbons (Fsp3) is 0.321. The van der Waals surface area contributed by atoms with Gasteiger partial charge in [-0.1, -0.05) is 50.2 Å². The molecule has 0 bridgehead atoms. The summed E-state index contributed by atoms with van der Waals surface area (Å²) in [7, 11) is 2.15. The molecule has 5 rings (SSSR count). The highest BCUT2D eigenvalue weighted by Crippen LogP contribution is 2.31. The molecule has 0 unspecified atom stereocenters. The second-order valence-corrected chi connectivity index (χ2v) is 9.41. The molecule has 3 heterocycles. The van der Waals surface area contributed by atoms with Crippen LogP contribution in [0.25, 0.3) is 16.6 Å². The molecule has 5 nitrogen and oxygen atoms in total. The molecule has 0 N–H and O–H groups in total. The van der Waals surface area contributed by atoms with Gasteiger partial charge in [0.05, 0.1) is 11.2 Å². The molecule has 33 heavy (non-hydrogen) atoms. The third-order valence-corrected chi connectivity index (χ3v) is 6.51. The first-order valence-corrected chi connectivity index (χ1v) is 11.7. The molecule has 0 amide bonds. The summed E-state index contributed by atoms with van der Waals surface area (Å²) in [6.45, 7) is 8.22. The summed E-state index contributed by atoms with van der Waals surface area (Å²) in [6.07, 6.45) is 2.88. The van der Waals surface area contributed by atoms with Gasteiger partial charge in [0.15, 0.2) is 0 Å². The van der Waals surface area contributed by atoms with Crippen LogP contribution in [-0.4, -0.2) is 27.1 Å². The lowest BCUT2D eigenvalue weighted by Crippen LogP contribution is -2.34. The fourth-order valence-corrected chi connectivity index (χ4v) is 4.92. The molecular weight excluding hydrogens is 410 g/mol. The summed E-state index contributed by atoms with van der Waals surface area (Å²) >= 11 is 0. The minimum absolute atomic E-state index is 0.0954. The van der Waals surface area contributed by atoms with Crippen molar-refractivity contribution in [2.45, 2.75) is 33.4 Å². The fourth-order valence-electron chi connectivity index (χ4n) is 4.92. The molecule has 0 aliphatic carbocycles. The average Bonchev–Trinajstić information content (AvgIpc) is 3.09. The Kier molecular flexibility index (Phi) is 5.81. The predicted molar refractivity (Wildman–Crippen MR) is 133 cm³/mol. The summed E-state index contributed by atoms with van der Waals surface area (Å²) in [5.74, 6) is 1.25. The van der Waals surface area contributed by atoms with Crippen LogP contribution in [0.4, 0.5) is 0 Å². The van der Waals surface area contributed by atoms with Gasteiger partial charge in [0.25, 0.3) is 5.56 Å². The molecule has 1 aliphatic rings. The van der Waals surface area contributed by atoms with Crippen LogP contribution in [0.1, 0.15) is 30.7 Å². The zero-order valence-electron chi connectivity index (χ0n) is 19.6. The van der Waals surface area contributed by atoms with Gasteiger partial charge in [-0.05, 0) is 41.7 Å². The van der Waals surface area contributed by atoms with Crippen LogP contribution in [0.2, 0.25) is 0 Å². The van der Waals surface area contributed by atoms with Gasteiger partial charge in [-0.3, -0.25) is 14.3 Å². The van der Waals surface area contributed by atoms with Crippen LogP contribution in [0.15, 0.2) is 71.7 Å². The van der Waals surface area contributed by atoms with Gasteiger partial charge in [-0.2, -0.15) is 0 Å². The standard InChI is InChI=1S/C28H31N3O2/c1-20(2)17-30-13-12-25-24-10-9-22(15-26(24)29(3)27(25)18-30)31-14-11-23(16-28(31)32)33-19-21-7-5-4-6-8-21/h4-11,14-16,20H,12-13,17-19H2,1-3H3. The van der Waals surface area contributed by atoms with E-state index in [4.69, 9.17) is 4.74 Å². The van der Waals surface area contributed by atoms with Gasteiger partial charge in [0.1, 0.15) is 12.4 Å². The zero-order chi connectivity index (χ0) is 22.9. The van der Waals surface area contributed by atoms with E-state index in [2.05, 4.69) is 48.6 Å². The van der Waals surface area contributed by atoms with E-state index in [0.29, 0.717) is 18.3 Å². The maximum Gasteiger partial charge on any atom is 0.258 e. The Bertz CT molecular complexity index is 1330. The van der Waals surface area contributed by atoms with E-state index in [0.717, 1.165) is 37.3 Å². The first-order chi connectivity index (χ1) is 16.0. The van der Waals surface area contributed by atoms with E-state index in [1.54, 1.807) is 16.8 Å². The molecule has 1 aliphatic heterocycles. The normalized spacial score (nSPS) is 14.1. The lowest BCUT2D eigenvalue weighted by molar-refractivity contribution is 0.222. The van der Waals surface area contributed by atoms with Gasteiger partial charge in [0.2, 0.25) is 0 Å². The molecule has 2 aromatic carbocycles. The van der Waals surface area contributed by atoms with Crippen molar-refractivity contribution in [3.05, 3.63) is 94.0 Å². The smallest absolute Gasteiger partial charge is 0.258 e. The van der Waals surface area contributed by atoms with Gasteiger partial charge in [-0.25, -0.2) is 0 Å². The van der Waals surface area contributed by atoms with Gasteiger partial charge in [0, 0.05) is 50.0 Å². The van der Waals surface area contributed by atoms with Crippen molar-refractivity contribution >= 4 is 10.9 Å². The van der Waals surface area contributed by atoms with Gasteiger partial charge in [-0.15, -0.1) is 0 Å². The van der Waals surface area contributed by atoms with Crippen LogP contribution >= 0.6 is 0 Å². The minimum Gasteiger partial charge on any atom is -0.489 e. The number of fused-ring (bicyclic) bond motifs is 3. The summed E-state index contributed by atoms with van der Waals surface area (Å²) in [6, 6.07) is 19.7. The Hall–Kier alpha value is -3.31. The molecule has 170 valence electrons. The highest BCUT2D eigenvalue weighted by Gasteiger charge is 2.23. The number of ether oxygens (including phenoxy) is 1. The second kappa shape index (κ2) is 8.91. The Morgan fingerprint density at radius 3 is 2.61 bits per heavy atom. The third-order valence-electron chi connectivity index (χ3n) is 6.51. The van der Waals surface area contributed by atoms with Crippen LogP contribution in [0, 0.1) is 5.92 Å². The molecule has 0 fully saturated rings. The molecule has 0 spiro atoms. The van der Waals surface area contributed by atoms with Crippen LogP contribution in [0.5, 0.6) is 5.75 Å². The molecule has 2 aromatic heterocycles. The van der Waals surface area contributed by atoms with Crippen molar-refractivity contribution in [2.24, 2.45) is 13.0 Å². The van der Waals surface area contributed by atoms with Crippen molar-refractivity contribution in [3.8, 4) is 11.4 Å². The van der Waals surface area contributed by atoms with Crippen LogP contribution in [0.3, 0.4) is 0 Å². The van der Waals surface area contributed by atoms with E-state index in [1.807, 2.05) is 36.4 Å². The van der Waals surface area contributed by atoms with Crippen LogP contribution in [-0.2, 0) is 26.6 Å². The molecule has 0 radical (unpaired) electrons. The molecule has 4 aromatic rings. The van der Waals surface area contributed by atoms with E-state index in [1.165, 1.54) is 22.2 Å². The van der Waals surface area contributed by atoms with E-state index < -0.39 is 0 Å². The summed E-state index contributed by atoms with van der Waals surface area (Å²) in [4.78, 5) is 15.4. The third kappa shape index (κ3) is 4.33. The van der Waals surface area contributed by atoms with E-state index >= 15 is 0 Å². The Morgan fingerprint density at radius 1 is 1.03 bits per heavy atom. The number of pyridine rings is 1. The molecule has 0 atom stereocenters. The molecular formula is C28H31N3O2. The summed E-state index contributed by atoms with van der Waals surface area (Å²) in [5.41, 5.74) is 5.88. The number of aromatic nitrogens is 2. The maximum atomic E-state index is 12.9.